The molecule has 3 heteroatoms. The normalized spacial score (nSPS) is 13.6. The molecule has 0 fully saturated rings. The van der Waals surface area contributed by atoms with Gasteiger partial charge in [0, 0.05) is 19.4 Å². The van der Waals surface area contributed by atoms with E-state index in [1.165, 1.54) is 0 Å². The molecule has 1 unspecified atom stereocenters. The van der Waals surface area contributed by atoms with Crippen LogP contribution in [0.25, 0.3) is 0 Å². The van der Waals surface area contributed by atoms with Crippen LogP contribution in [0.1, 0.15) is 31.9 Å². The Balaban J connectivity index is 2.40. The van der Waals surface area contributed by atoms with Gasteiger partial charge in [0.2, 0.25) is 0 Å². The number of rotatable bonds is 4. The highest BCUT2D eigenvalue weighted by atomic mass is 16.3. The van der Waals surface area contributed by atoms with Crippen molar-refractivity contribution in [3.05, 3.63) is 17.8 Å². The summed E-state index contributed by atoms with van der Waals surface area (Å²) in [5, 5.41) is 0. The predicted octanol–water partition coefficient (Wildman–Crippen LogP) is 1.90. The number of aryl methyl sites for hydroxylation is 1. The fourth-order valence-electron chi connectivity index (χ4n) is 1.45. The lowest BCUT2D eigenvalue weighted by Gasteiger charge is -2.11. The molecule has 0 aliphatic heterocycles. The number of hydrogen-bond acceptors (Lipinski definition) is 3. The molecule has 2 N–H and O–H groups in total. The number of aromatic nitrogens is 1. The minimum absolute atomic E-state index is 0.187. The molecule has 0 aliphatic carbocycles. The first-order valence-electron chi connectivity index (χ1n) is 4.75. The zero-order valence-corrected chi connectivity index (χ0v) is 8.58. The second kappa shape index (κ2) is 4.42. The first-order valence-corrected chi connectivity index (χ1v) is 4.75. The Morgan fingerprint density at radius 1 is 1.54 bits per heavy atom. The molecule has 0 amide bonds. The van der Waals surface area contributed by atoms with Gasteiger partial charge in [-0.05, 0) is 12.3 Å². The van der Waals surface area contributed by atoms with Gasteiger partial charge in [0.1, 0.15) is 5.76 Å². The monoisotopic (exact) mass is 182 g/mol. The van der Waals surface area contributed by atoms with E-state index >= 15 is 0 Å². The minimum Gasteiger partial charge on any atom is -0.446 e. The Labute approximate surface area is 79.3 Å². The molecular formula is C10H18N2O. The van der Waals surface area contributed by atoms with Crippen molar-refractivity contribution >= 4 is 0 Å². The molecule has 0 spiro atoms. The molecule has 74 valence electrons. The molecule has 1 aromatic heterocycles. The maximum atomic E-state index is 5.93. The Hall–Kier alpha value is -0.830. The Morgan fingerprint density at radius 2 is 2.23 bits per heavy atom. The van der Waals surface area contributed by atoms with E-state index in [2.05, 4.69) is 18.8 Å². The Bertz CT molecular complexity index is 255. The van der Waals surface area contributed by atoms with Crippen LogP contribution < -0.4 is 5.73 Å². The molecule has 0 aliphatic rings. The highest BCUT2D eigenvalue weighted by molar-refractivity contribution is 4.95. The quantitative estimate of drug-likeness (QED) is 0.773. The maximum Gasteiger partial charge on any atom is 0.191 e. The zero-order chi connectivity index (χ0) is 9.84. The second-order valence-electron chi connectivity index (χ2n) is 3.94. The van der Waals surface area contributed by atoms with Crippen LogP contribution in [-0.2, 0) is 6.42 Å². The van der Waals surface area contributed by atoms with Crippen molar-refractivity contribution in [2.24, 2.45) is 11.7 Å². The average Bonchev–Trinajstić information content (AvgIpc) is 2.33. The first-order chi connectivity index (χ1) is 6.08. The van der Waals surface area contributed by atoms with Crippen LogP contribution in [0.3, 0.4) is 0 Å². The fourth-order valence-corrected chi connectivity index (χ4v) is 1.45. The van der Waals surface area contributed by atoms with Gasteiger partial charge >= 0.3 is 0 Å². The van der Waals surface area contributed by atoms with Gasteiger partial charge in [-0.1, -0.05) is 13.8 Å². The first kappa shape index (κ1) is 10.3. The summed E-state index contributed by atoms with van der Waals surface area (Å²) >= 11 is 0. The van der Waals surface area contributed by atoms with Gasteiger partial charge in [0.15, 0.2) is 5.89 Å². The van der Waals surface area contributed by atoms with Crippen molar-refractivity contribution in [1.29, 1.82) is 0 Å². The number of nitrogens with two attached hydrogens (primary N) is 1. The highest BCUT2D eigenvalue weighted by Crippen LogP contribution is 2.09. The third-order valence-corrected chi connectivity index (χ3v) is 1.91. The van der Waals surface area contributed by atoms with Crippen LogP contribution in [-0.4, -0.2) is 11.0 Å². The molecule has 13 heavy (non-hydrogen) atoms. The van der Waals surface area contributed by atoms with E-state index in [1.807, 2.05) is 6.92 Å². The predicted molar refractivity (Wildman–Crippen MR) is 52.4 cm³/mol. The smallest absolute Gasteiger partial charge is 0.191 e. The minimum atomic E-state index is 0.187. The van der Waals surface area contributed by atoms with Crippen molar-refractivity contribution in [3.8, 4) is 0 Å². The maximum absolute atomic E-state index is 5.93. The van der Waals surface area contributed by atoms with Gasteiger partial charge in [-0.25, -0.2) is 4.98 Å². The van der Waals surface area contributed by atoms with E-state index in [0.717, 1.165) is 18.6 Å². The van der Waals surface area contributed by atoms with E-state index in [9.17, 15) is 0 Å². The van der Waals surface area contributed by atoms with E-state index < -0.39 is 0 Å². The fraction of sp³-hybridized carbons (Fsp3) is 0.700. The van der Waals surface area contributed by atoms with Gasteiger partial charge in [0.25, 0.3) is 0 Å². The standard InChI is InChI=1S/C10H18N2O/c1-7(2)4-9(11)5-10-6-12-8(3)13-10/h6-7,9H,4-5,11H2,1-3H3. The Morgan fingerprint density at radius 3 is 2.69 bits per heavy atom. The Kier molecular flexibility index (Phi) is 3.48. The summed E-state index contributed by atoms with van der Waals surface area (Å²) in [6, 6.07) is 0.187. The van der Waals surface area contributed by atoms with Crippen molar-refractivity contribution in [1.82, 2.24) is 4.98 Å². The van der Waals surface area contributed by atoms with E-state index in [0.29, 0.717) is 11.8 Å². The molecular weight excluding hydrogens is 164 g/mol. The van der Waals surface area contributed by atoms with Crippen LogP contribution in [0.5, 0.6) is 0 Å². The summed E-state index contributed by atoms with van der Waals surface area (Å²) in [5.74, 6) is 2.25. The molecule has 0 saturated heterocycles. The molecule has 0 radical (unpaired) electrons. The summed E-state index contributed by atoms with van der Waals surface area (Å²) in [5.41, 5.74) is 5.93. The van der Waals surface area contributed by atoms with Crippen LogP contribution in [0.2, 0.25) is 0 Å². The molecule has 3 nitrogen and oxygen atoms in total. The SMILES string of the molecule is Cc1ncc(CC(N)CC(C)C)o1. The van der Waals surface area contributed by atoms with Crippen molar-refractivity contribution in [2.75, 3.05) is 0 Å². The summed E-state index contributed by atoms with van der Waals surface area (Å²) in [7, 11) is 0. The topological polar surface area (TPSA) is 52.0 Å². The van der Waals surface area contributed by atoms with E-state index in [1.54, 1.807) is 6.20 Å². The van der Waals surface area contributed by atoms with Gasteiger partial charge in [-0.3, -0.25) is 0 Å². The molecule has 0 saturated carbocycles. The van der Waals surface area contributed by atoms with E-state index in [-0.39, 0.29) is 6.04 Å². The molecule has 1 aromatic rings. The van der Waals surface area contributed by atoms with Gasteiger partial charge in [0.05, 0.1) is 6.20 Å². The number of hydrogen-bond donors (Lipinski definition) is 1. The van der Waals surface area contributed by atoms with Crippen molar-refractivity contribution in [3.63, 3.8) is 0 Å². The summed E-state index contributed by atoms with van der Waals surface area (Å²) in [4.78, 5) is 4.03. The summed E-state index contributed by atoms with van der Waals surface area (Å²) in [6.07, 6.45) is 3.58. The third-order valence-electron chi connectivity index (χ3n) is 1.91. The third kappa shape index (κ3) is 3.59. The summed E-state index contributed by atoms with van der Waals surface area (Å²) in [6.45, 7) is 6.19. The van der Waals surface area contributed by atoms with Crippen LogP contribution in [0.15, 0.2) is 10.6 Å². The van der Waals surface area contributed by atoms with Gasteiger partial charge in [-0.2, -0.15) is 0 Å². The largest absolute Gasteiger partial charge is 0.446 e. The molecule has 0 aromatic carbocycles. The lowest BCUT2D eigenvalue weighted by atomic mass is 10.0. The lowest BCUT2D eigenvalue weighted by Crippen LogP contribution is -2.24. The molecule has 1 rings (SSSR count). The van der Waals surface area contributed by atoms with Crippen LogP contribution in [0, 0.1) is 12.8 Å². The summed E-state index contributed by atoms with van der Waals surface area (Å²) < 4.78 is 5.34. The van der Waals surface area contributed by atoms with Gasteiger partial charge in [-0.15, -0.1) is 0 Å². The highest BCUT2D eigenvalue weighted by Gasteiger charge is 2.09. The zero-order valence-electron chi connectivity index (χ0n) is 8.58. The average molecular weight is 182 g/mol. The molecule has 1 heterocycles. The number of nitrogens with zero attached hydrogens (tertiary/aromatic N) is 1. The van der Waals surface area contributed by atoms with Crippen molar-refractivity contribution in [2.45, 2.75) is 39.7 Å². The lowest BCUT2D eigenvalue weighted by molar-refractivity contribution is 0.427. The second-order valence-corrected chi connectivity index (χ2v) is 3.94. The van der Waals surface area contributed by atoms with Gasteiger partial charge < -0.3 is 10.2 Å². The molecule has 1 atom stereocenters. The van der Waals surface area contributed by atoms with Crippen LogP contribution in [0.4, 0.5) is 0 Å². The van der Waals surface area contributed by atoms with E-state index in [4.69, 9.17) is 10.2 Å². The molecule has 0 bridgehead atoms. The van der Waals surface area contributed by atoms with Crippen LogP contribution >= 0.6 is 0 Å². The van der Waals surface area contributed by atoms with Crippen molar-refractivity contribution < 1.29 is 4.42 Å². The number of oxazole rings is 1.